The Bertz CT molecular complexity index is 207. The topological polar surface area (TPSA) is 21.3 Å². The molecule has 0 bridgehead atoms. The zero-order chi connectivity index (χ0) is 12.1. The van der Waals surface area contributed by atoms with E-state index in [1.807, 2.05) is 0 Å². The van der Waals surface area contributed by atoms with Gasteiger partial charge < -0.3 is 10.1 Å². The van der Waals surface area contributed by atoms with Gasteiger partial charge >= 0.3 is 6.18 Å². The van der Waals surface area contributed by atoms with Gasteiger partial charge in [-0.15, -0.1) is 11.6 Å². The molecule has 1 aliphatic carbocycles. The molecule has 1 saturated carbocycles. The maximum absolute atomic E-state index is 11.7. The number of halogens is 4. The van der Waals surface area contributed by atoms with E-state index in [9.17, 15) is 13.2 Å². The third-order valence-corrected chi connectivity index (χ3v) is 3.22. The van der Waals surface area contributed by atoms with E-state index in [-0.39, 0.29) is 12.0 Å². The third-order valence-electron chi connectivity index (χ3n) is 2.65. The van der Waals surface area contributed by atoms with E-state index in [1.54, 1.807) is 0 Å². The number of ether oxygens (including phenoxy) is 1. The predicted molar refractivity (Wildman–Crippen MR) is 56.7 cm³/mol. The second-order valence-corrected chi connectivity index (χ2v) is 4.60. The highest BCUT2D eigenvalue weighted by atomic mass is 35.5. The molecule has 0 atom stereocenters. The average molecular weight is 260 g/mol. The molecule has 1 rings (SSSR count). The van der Waals surface area contributed by atoms with Gasteiger partial charge in [0.25, 0.3) is 0 Å². The summed E-state index contributed by atoms with van der Waals surface area (Å²) in [5, 5.41) is 3.19. The normalized spacial score (nSPS) is 18.8. The minimum atomic E-state index is -4.22. The summed E-state index contributed by atoms with van der Waals surface area (Å²) < 4.78 is 39.5. The van der Waals surface area contributed by atoms with Crippen molar-refractivity contribution in [3.05, 3.63) is 0 Å². The van der Waals surface area contributed by atoms with E-state index in [0.29, 0.717) is 18.8 Å². The molecule has 0 unspecified atom stereocenters. The fourth-order valence-electron chi connectivity index (χ4n) is 1.38. The van der Waals surface area contributed by atoms with Crippen molar-refractivity contribution in [2.75, 3.05) is 32.2 Å². The maximum atomic E-state index is 11.7. The number of rotatable bonds is 8. The highest BCUT2D eigenvalue weighted by Gasteiger charge is 2.40. The zero-order valence-corrected chi connectivity index (χ0v) is 9.83. The van der Waals surface area contributed by atoms with Gasteiger partial charge in [-0.2, -0.15) is 13.2 Å². The first-order valence-corrected chi connectivity index (χ1v) is 5.92. The number of hydrogen-bond donors (Lipinski definition) is 1. The molecule has 0 aromatic rings. The minimum absolute atomic E-state index is 0.139. The van der Waals surface area contributed by atoms with Crippen LogP contribution in [0, 0.1) is 5.41 Å². The minimum Gasteiger partial charge on any atom is -0.372 e. The first-order chi connectivity index (χ1) is 7.47. The van der Waals surface area contributed by atoms with Gasteiger partial charge in [0.1, 0.15) is 6.61 Å². The average Bonchev–Trinajstić information content (AvgIpc) is 2.96. The summed E-state index contributed by atoms with van der Waals surface area (Å²) in [6.45, 7) is 0.519. The number of nitrogens with one attached hydrogen (secondary N) is 1. The predicted octanol–water partition coefficient (Wildman–Crippen LogP) is 2.56. The molecule has 0 heterocycles. The molecule has 0 spiro atoms. The van der Waals surface area contributed by atoms with Crippen LogP contribution < -0.4 is 5.32 Å². The van der Waals surface area contributed by atoms with Gasteiger partial charge in [0.05, 0.1) is 0 Å². The lowest BCUT2D eigenvalue weighted by Gasteiger charge is -2.12. The Morgan fingerprint density at radius 1 is 1.31 bits per heavy atom. The van der Waals surface area contributed by atoms with Crippen molar-refractivity contribution in [1.29, 1.82) is 0 Å². The van der Waals surface area contributed by atoms with Gasteiger partial charge in [-0.25, -0.2) is 0 Å². The van der Waals surface area contributed by atoms with Crippen LogP contribution >= 0.6 is 11.6 Å². The molecule has 1 aliphatic rings. The molecular weight excluding hydrogens is 243 g/mol. The molecule has 2 nitrogen and oxygen atoms in total. The molecule has 0 aromatic heterocycles. The van der Waals surface area contributed by atoms with Crippen LogP contribution in [0.1, 0.15) is 19.3 Å². The fraction of sp³-hybridized carbons (Fsp3) is 1.00. The van der Waals surface area contributed by atoms with E-state index in [4.69, 9.17) is 11.6 Å². The Balaban J connectivity index is 1.85. The molecule has 96 valence electrons. The van der Waals surface area contributed by atoms with Crippen LogP contribution in [0.3, 0.4) is 0 Å². The Kier molecular flexibility index (Phi) is 5.34. The van der Waals surface area contributed by atoms with E-state index < -0.39 is 12.8 Å². The van der Waals surface area contributed by atoms with Crippen molar-refractivity contribution in [2.45, 2.75) is 25.4 Å². The van der Waals surface area contributed by atoms with Crippen LogP contribution in [0.5, 0.6) is 0 Å². The summed E-state index contributed by atoms with van der Waals surface area (Å²) in [5.74, 6) is 0.657. The summed E-state index contributed by atoms with van der Waals surface area (Å²) in [6, 6.07) is 0. The Morgan fingerprint density at radius 3 is 2.50 bits per heavy atom. The van der Waals surface area contributed by atoms with Gasteiger partial charge in [0, 0.05) is 19.0 Å². The monoisotopic (exact) mass is 259 g/mol. The first kappa shape index (κ1) is 14.1. The molecule has 0 saturated heterocycles. The molecule has 0 aromatic carbocycles. The SMILES string of the molecule is FC(F)(F)COCCCNCC1(CCl)CC1. The van der Waals surface area contributed by atoms with Crippen LogP contribution in [-0.2, 0) is 4.74 Å². The van der Waals surface area contributed by atoms with E-state index in [2.05, 4.69) is 10.1 Å². The van der Waals surface area contributed by atoms with Crippen LogP contribution in [-0.4, -0.2) is 38.4 Å². The number of alkyl halides is 4. The van der Waals surface area contributed by atoms with Crippen molar-refractivity contribution in [2.24, 2.45) is 5.41 Å². The summed E-state index contributed by atoms with van der Waals surface area (Å²) in [4.78, 5) is 0. The summed E-state index contributed by atoms with van der Waals surface area (Å²) >= 11 is 5.78. The van der Waals surface area contributed by atoms with E-state index in [0.717, 1.165) is 19.4 Å². The van der Waals surface area contributed by atoms with E-state index in [1.165, 1.54) is 0 Å². The van der Waals surface area contributed by atoms with E-state index >= 15 is 0 Å². The van der Waals surface area contributed by atoms with Crippen molar-refractivity contribution >= 4 is 11.6 Å². The highest BCUT2D eigenvalue weighted by Crippen LogP contribution is 2.45. The van der Waals surface area contributed by atoms with Gasteiger partial charge in [-0.3, -0.25) is 0 Å². The lowest BCUT2D eigenvalue weighted by molar-refractivity contribution is -0.173. The molecule has 1 N–H and O–H groups in total. The van der Waals surface area contributed by atoms with Crippen LogP contribution in [0.2, 0.25) is 0 Å². The third kappa shape index (κ3) is 5.92. The van der Waals surface area contributed by atoms with Gasteiger partial charge in [-0.1, -0.05) is 0 Å². The molecule has 6 heteroatoms. The summed E-state index contributed by atoms with van der Waals surface area (Å²) in [7, 11) is 0. The van der Waals surface area contributed by atoms with Gasteiger partial charge in [0.15, 0.2) is 0 Å². The van der Waals surface area contributed by atoms with Crippen LogP contribution in [0.4, 0.5) is 13.2 Å². The van der Waals surface area contributed by atoms with Crippen LogP contribution in [0.25, 0.3) is 0 Å². The Hall–Kier alpha value is 0. The van der Waals surface area contributed by atoms with Crippen molar-refractivity contribution < 1.29 is 17.9 Å². The lowest BCUT2D eigenvalue weighted by atomic mass is 10.1. The molecular formula is C10H17ClF3NO. The fourth-order valence-corrected chi connectivity index (χ4v) is 1.74. The quantitative estimate of drug-likeness (QED) is 0.534. The highest BCUT2D eigenvalue weighted by molar-refractivity contribution is 6.18. The molecule has 16 heavy (non-hydrogen) atoms. The second kappa shape index (κ2) is 6.07. The summed E-state index contributed by atoms with van der Waals surface area (Å²) in [6.07, 6.45) is -1.33. The largest absolute Gasteiger partial charge is 0.411 e. The molecule has 1 fully saturated rings. The lowest BCUT2D eigenvalue weighted by Crippen LogP contribution is -2.27. The smallest absolute Gasteiger partial charge is 0.372 e. The second-order valence-electron chi connectivity index (χ2n) is 4.33. The van der Waals surface area contributed by atoms with Crippen molar-refractivity contribution in [3.8, 4) is 0 Å². The van der Waals surface area contributed by atoms with Gasteiger partial charge in [-0.05, 0) is 31.2 Å². The van der Waals surface area contributed by atoms with Crippen molar-refractivity contribution in [3.63, 3.8) is 0 Å². The zero-order valence-electron chi connectivity index (χ0n) is 9.08. The number of hydrogen-bond acceptors (Lipinski definition) is 2. The maximum Gasteiger partial charge on any atom is 0.411 e. The first-order valence-electron chi connectivity index (χ1n) is 5.39. The summed E-state index contributed by atoms with van der Waals surface area (Å²) in [5.41, 5.74) is 0.258. The molecule has 0 radical (unpaired) electrons. The van der Waals surface area contributed by atoms with Crippen molar-refractivity contribution in [1.82, 2.24) is 5.32 Å². The van der Waals surface area contributed by atoms with Crippen LogP contribution in [0.15, 0.2) is 0 Å². The Morgan fingerprint density at radius 2 is 2.00 bits per heavy atom. The van der Waals surface area contributed by atoms with Gasteiger partial charge in [0.2, 0.25) is 0 Å². The standard InChI is InChI=1S/C10H17ClF3NO/c11-6-9(2-3-9)7-15-4-1-5-16-8-10(12,13)14/h15H,1-8H2. The molecule has 0 aliphatic heterocycles. The molecule has 0 amide bonds. The Labute approximate surface area is 98.5 Å².